The molecule has 3 aliphatic rings. The highest BCUT2D eigenvalue weighted by molar-refractivity contribution is 5.74. The fraction of sp³-hybridized carbons (Fsp3) is 0.618. The number of hydrogen-bond acceptors (Lipinski definition) is 7. The predicted molar refractivity (Wildman–Crippen MR) is 163 cm³/mol. The van der Waals surface area contributed by atoms with Gasteiger partial charge < -0.3 is 30.8 Å². The van der Waals surface area contributed by atoms with Gasteiger partial charge in [0.15, 0.2) is 0 Å². The number of hydrogen-bond donors (Lipinski definition) is 6. The summed E-state index contributed by atoms with van der Waals surface area (Å²) in [6.45, 7) is 8.19. The summed E-state index contributed by atoms with van der Waals surface area (Å²) in [4.78, 5) is 12.1. The van der Waals surface area contributed by atoms with Gasteiger partial charge in [-0.2, -0.15) is 0 Å². The second kappa shape index (κ2) is 14.9. The van der Waals surface area contributed by atoms with Crippen LogP contribution in [0.2, 0.25) is 0 Å². The van der Waals surface area contributed by atoms with Crippen molar-refractivity contribution in [2.24, 2.45) is 29.1 Å². The number of aliphatic hydroxyl groups excluding tert-OH is 4. The minimum Gasteiger partial charge on any atom is -0.396 e. The molecule has 0 saturated heterocycles. The second-order valence-corrected chi connectivity index (χ2v) is 12.3. The van der Waals surface area contributed by atoms with Crippen LogP contribution in [0.3, 0.4) is 0 Å². The van der Waals surface area contributed by atoms with Crippen LogP contribution in [0.1, 0.15) is 58.8 Å². The molecular weight excluding hydrogens is 518 g/mol. The summed E-state index contributed by atoms with van der Waals surface area (Å²) in [6, 6.07) is 0. The molecular formula is C34H51NO6. The molecule has 0 aliphatic heterocycles. The fourth-order valence-electron chi connectivity index (χ4n) is 7.87. The molecule has 0 amide bonds. The second-order valence-electron chi connectivity index (χ2n) is 12.3. The molecule has 0 aromatic rings. The minimum absolute atomic E-state index is 0.0278. The predicted octanol–water partition coefficient (Wildman–Crippen LogP) is 3.55. The van der Waals surface area contributed by atoms with E-state index < -0.39 is 17.1 Å². The van der Waals surface area contributed by atoms with Gasteiger partial charge in [0, 0.05) is 23.9 Å². The first-order valence-corrected chi connectivity index (χ1v) is 15.1. The maximum atomic E-state index is 12.5. The number of carbonyl (C=O) groups excluding carboxylic acids is 1. The van der Waals surface area contributed by atoms with Gasteiger partial charge >= 0.3 is 0 Å². The smallest absolute Gasteiger partial charge is 0.145 e. The maximum Gasteiger partial charge on any atom is 0.145 e. The molecule has 2 bridgehead atoms. The fourth-order valence-corrected chi connectivity index (χ4v) is 7.87. The Labute approximate surface area is 245 Å². The third-order valence-corrected chi connectivity index (χ3v) is 9.90. The van der Waals surface area contributed by atoms with Crippen molar-refractivity contribution in [1.29, 1.82) is 0 Å². The lowest BCUT2D eigenvalue weighted by atomic mass is 9.45. The van der Waals surface area contributed by atoms with Gasteiger partial charge in [-0.25, -0.2) is 0 Å². The van der Waals surface area contributed by atoms with Crippen molar-refractivity contribution in [2.75, 3.05) is 33.4 Å². The van der Waals surface area contributed by atoms with Crippen LogP contribution < -0.4 is 5.32 Å². The van der Waals surface area contributed by atoms with Crippen molar-refractivity contribution in [2.45, 2.75) is 70.5 Å². The zero-order valence-corrected chi connectivity index (χ0v) is 25.1. The average molecular weight is 570 g/mol. The van der Waals surface area contributed by atoms with Crippen LogP contribution in [0.25, 0.3) is 0 Å². The summed E-state index contributed by atoms with van der Waals surface area (Å²) in [6.07, 6.45) is 15.8. The Morgan fingerprint density at radius 2 is 1.95 bits per heavy atom. The minimum atomic E-state index is -1.20. The van der Waals surface area contributed by atoms with Crippen LogP contribution in [-0.2, 0) is 4.79 Å². The molecule has 7 nitrogen and oxygen atoms in total. The van der Waals surface area contributed by atoms with Gasteiger partial charge in [-0.15, -0.1) is 0 Å². The number of fused-ring (bicyclic) bond motifs is 3. The standard InChI is InChI=1S/C34H51NO6/c1-23(7-5-9-24(2)20-37)8-6-10-28(22-39)29-13-15-34(32(29)40)31-26(14-18-36)11-12-27(30(31)25(3)21-38)19-33(34,41)16-17-35-4/h6,8-12,21,26-27,29,31-32,35-37,39-41H,1,5,7,13-20,22H2,2-4H3/b8-6+,24-9+,28-10-,30-25?/t26-,27-,29-,31-,32+,33+,34+/m0/s1. The van der Waals surface area contributed by atoms with Crippen molar-refractivity contribution < 1.29 is 30.3 Å². The number of aldehydes is 1. The van der Waals surface area contributed by atoms with E-state index in [1.165, 1.54) is 0 Å². The van der Waals surface area contributed by atoms with E-state index >= 15 is 0 Å². The van der Waals surface area contributed by atoms with E-state index in [4.69, 9.17) is 5.11 Å². The number of allylic oxidation sites excluding steroid dienone is 9. The van der Waals surface area contributed by atoms with E-state index in [0.29, 0.717) is 49.8 Å². The molecule has 0 unspecified atom stereocenters. The Morgan fingerprint density at radius 1 is 1.20 bits per heavy atom. The summed E-state index contributed by atoms with van der Waals surface area (Å²) in [5, 5.41) is 57.5. The third kappa shape index (κ3) is 6.76. The van der Waals surface area contributed by atoms with E-state index in [9.17, 15) is 25.2 Å². The van der Waals surface area contributed by atoms with Gasteiger partial charge in [0.05, 0.1) is 24.9 Å². The number of nitrogens with one attached hydrogen (secondary N) is 1. The van der Waals surface area contributed by atoms with Crippen molar-refractivity contribution >= 4 is 6.29 Å². The average Bonchev–Trinajstić information content (AvgIpc) is 3.31. The molecule has 0 heterocycles. The summed E-state index contributed by atoms with van der Waals surface area (Å²) < 4.78 is 0. The molecule has 3 rings (SSSR count). The van der Waals surface area contributed by atoms with Crippen LogP contribution in [0.5, 0.6) is 0 Å². The van der Waals surface area contributed by atoms with Crippen LogP contribution in [0, 0.1) is 29.1 Å². The van der Waals surface area contributed by atoms with Crippen molar-refractivity contribution in [3.05, 3.63) is 70.9 Å². The number of rotatable bonds is 14. The monoisotopic (exact) mass is 569 g/mol. The Bertz CT molecular complexity index is 1090. The molecule has 7 atom stereocenters. The quantitative estimate of drug-likeness (QED) is 0.0817. The topological polar surface area (TPSA) is 130 Å². The normalized spacial score (nSPS) is 35.0. The van der Waals surface area contributed by atoms with Crippen LogP contribution in [-0.4, -0.2) is 76.9 Å². The zero-order chi connectivity index (χ0) is 30.2. The Balaban J connectivity index is 2.00. The van der Waals surface area contributed by atoms with Crippen LogP contribution in [0.4, 0.5) is 0 Å². The number of carbonyl (C=O) groups is 1. The van der Waals surface area contributed by atoms with E-state index in [2.05, 4.69) is 24.0 Å². The van der Waals surface area contributed by atoms with Crippen molar-refractivity contribution in [3.8, 4) is 0 Å². The summed E-state index contributed by atoms with van der Waals surface area (Å²) in [5.41, 5.74) is 2.03. The Hall–Kier alpha value is -2.13. The molecule has 0 aromatic carbocycles. The van der Waals surface area contributed by atoms with E-state index in [0.717, 1.165) is 35.8 Å². The van der Waals surface area contributed by atoms with Gasteiger partial charge in [0.1, 0.15) is 6.29 Å². The molecule has 41 heavy (non-hydrogen) atoms. The maximum absolute atomic E-state index is 12.5. The highest BCUT2D eigenvalue weighted by atomic mass is 16.3. The number of aliphatic hydroxyl groups is 5. The molecule has 0 aromatic heterocycles. The Morgan fingerprint density at radius 3 is 2.59 bits per heavy atom. The summed E-state index contributed by atoms with van der Waals surface area (Å²) >= 11 is 0. The van der Waals surface area contributed by atoms with E-state index in [1.54, 1.807) is 0 Å². The SMILES string of the molecule is C=C(/C=C/C=C(/CO)[C@@H]1CC[C@]2([C@@H]1O)[C@@H]1C(=C(C)C=O)[C@@H](C=C[C@H]1CCO)C[C@]2(O)CCNC)CC/C=C(\C)CO. The molecule has 1 spiro atoms. The largest absolute Gasteiger partial charge is 0.396 e. The lowest BCUT2D eigenvalue weighted by molar-refractivity contribution is -0.194. The van der Waals surface area contributed by atoms with Crippen molar-refractivity contribution in [1.82, 2.24) is 5.32 Å². The van der Waals surface area contributed by atoms with Crippen molar-refractivity contribution in [3.63, 3.8) is 0 Å². The molecule has 7 heteroatoms. The lowest BCUT2D eigenvalue weighted by Crippen LogP contribution is -2.65. The molecule has 2 fully saturated rings. The molecule has 6 N–H and O–H groups in total. The Kier molecular flexibility index (Phi) is 12.1. The van der Waals surface area contributed by atoms with Crippen LogP contribution >= 0.6 is 0 Å². The van der Waals surface area contributed by atoms with Gasteiger partial charge in [-0.3, -0.25) is 4.79 Å². The molecule has 228 valence electrons. The van der Waals surface area contributed by atoms with Crippen LogP contribution in [0.15, 0.2) is 70.9 Å². The third-order valence-electron chi connectivity index (χ3n) is 9.90. The molecule has 2 saturated carbocycles. The van der Waals surface area contributed by atoms with E-state index in [-0.39, 0.29) is 43.5 Å². The molecule has 0 radical (unpaired) electrons. The van der Waals surface area contributed by atoms with Gasteiger partial charge in [-0.1, -0.05) is 59.8 Å². The van der Waals surface area contributed by atoms with Gasteiger partial charge in [0.2, 0.25) is 0 Å². The molecule has 3 aliphatic carbocycles. The van der Waals surface area contributed by atoms with Gasteiger partial charge in [-0.05, 0) is 95.4 Å². The highest BCUT2D eigenvalue weighted by Crippen LogP contribution is 2.67. The first-order chi connectivity index (χ1) is 19.6. The lowest BCUT2D eigenvalue weighted by Gasteiger charge is -2.61. The first-order valence-electron chi connectivity index (χ1n) is 15.1. The first kappa shape index (κ1) is 33.4. The van der Waals surface area contributed by atoms with E-state index in [1.807, 2.05) is 45.2 Å². The highest BCUT2D eigenvalue weighted by Gasteiger charge is 2.68. The summed E-state index contributed by atoms with van der Waals surface area (Å²) in [7, 11) is 1.85. The summed E-state index contributed by atoms with van der Waals surface area (Å²) in [5.74, 6) is -0.874. The zero-order valence-electron chi connectivity index (χ0n) is 25.1. The van der Waals surface area contributed by atoms with Gasteiger partial charge in [0.25, 0.3) is 0 Å².